The molecule has 102 valence electrons. The monoisotopic (exact) mass is 268 g/mol. The van der Waals surface area contributed by atoms with Crippen LogP contribution in [0.1, 0.15) is 24.5 Å². The molecule has 0 radical (unpaired) electrons. The molecule has 1 unspecified atom stereocenters. The molecule has 3 nitrogen and oxygen atoms in total. The average molecular weight is 268 g/mol. The van der Waals surface area contributed by atoms with Gasteiger partial charge in [0.1, 0.15) is 16.9 Å². The lowest BCUT2D eigenvalue weighted by Crippen LogP contribution is -2.34. The molecule has 3 heteroatoms. The van der Waals surface area contributed by atoms with Gasteiger partial charge in [-0.1, -0.05) is 37.3 Å². The van der Waals surface area contributed by atoms with E-state index in [0.29, 0.717) is 12.2 Å². The number of carbonyl (C=O) groups excluding carboxylic acids is 1. The van der Waals surface area contributed by atoms with Gasteiger partial charge in [0.05, 0.1) is 7.11 Å². The van der Waals surface area contributed by atoms with Gasteiger partial charge in [0.25, 0.3) is 0 Å². The lowest BCUT2D eigenvalue weighted by atomic mass is 9.73. The predicted octanol–water partition coefficient (Wildman–Crippen LogP) is 3.31. The molecule has 0 fully saturated rings. The van der Waals surface area contributed by atoms with Crippen molar-refractivity contribution in [3.8, 4) is 11.5 Å². The Morgan fingerprint density at radius 1 is 1.10 bits per heavy atom. The summed E-state index contributed by atoms with van der Waals surface area (Å²) in [6, 6.07) is 15.3. The molecule has 0 spiro atoms. The van der Waals surface area contributed by atoms with Crippen LogP contribution >= 0.6 is 0 Å². The molecule has 1 aliphatic heterocycles. The van der Waals surface area contributed by atoms with E-state index in [1.165, 1.54) is 0 Å². The molecule has 0 N–H and O–H groups in total. The number of hydrogen-bond acceptors (Lipinski definition) is 3. The molecule has 0 amide bonds. The first kappa shape index (κ1) is 12.7. The molecule has 20 heavy (non-hydrogen) atoms. The van der Waals surface area contributed by atoms with Gasteiger partial charge in [-0.2, -0.15) is 0 Å². The quantitative estimate of drug-likeness (QED) is 0.633. The number of methoxy groups -OCH3 is 1. The van der Waals surface area contributed by atoms with Crippen molar-refractivity contribution < 1.29 is 14.3 Å². The number of fused-ring (bicyclic) bond motifs is 1. The highest BCUT2D eigenvalue weighted by Gasteiger charge is 2.48. The molecule has 1 aliphatic rings. The fourth-order valence-corrected chi connectivity index (χ4v) is 2.89. The van der Waals surface area contributed by atoms with Crippen molar-refractivity contribution in [2.75, 3.05) is 7.11 Å². The standard InChI is InChI=1S/C17H16O3/c1-3-17(12-8-10-13(19-2)11-9-12)14-6-4-5-7-15(14)20-16(17)18/h4-11H,3H2,1-2H3. The molecule has 3 rings (SSSR count). The van der Waals surface area contributed by atoms with Crippen LogP contribution in [0.3, 0.4) is 0 Å². The summed E-state index contributed by atoms with van der Waals surface area (Å²) >= 11 is 0. The van der Waals surface area contributed by atoms with Crippen LogP contribution in [-0.4, -0.2) is 13.1 Å². The van der Waals surface area contributed by atoms with Gasteiger partial charge in [0.2, 0.25) is 0 Å². The Morgan fingerprint density at radius 2 is 1.80 bits per heavy atom. The summed E-state index contributed by atoms with van der Waals surface area (Å²) in [5.74, 6) is 1.24. The zero-order valence-electron chi connectivity index (χ0n) is 11.6. The van der Waals surface area contributed by atoms with Crippen molar-refractivity contribution in [3.63, 3.8) is 0 Å². The van der Waals surface area contributed by atoms with Gasteiger partial charge >= 0.3 is 5.97 Å². The minimum Gasteiger partial charge on any atom is -0.497 e. The Balaban J connectivity index is 2.18. The fraction of sp³-hybridized carbons (Fsp3) is 0.235. The highest BCUT2D eigenvalue weighted by Crippen LogP contribution is 2.46. The van der Waals surface area contributed by atoms with E-state index in [4.69, 9.17) is 9.47 Å². The maximum absolute atomic E-state index is 12.5. The minimum atomic E-state index is -0.705. The normalized spacial score (nSPS) is 20.4. The van der Waals surface area contributed by atoms with Crippen molar-refractivity contribution in [3.05, 3.63) is 59.7 Å². The maximum Gasteiger partial charge on any atom is 0.326 e. The van der Waals surface area contributed by atoms with Crippen LogP contribution in [0.25, 0.3) is 0 Å². The summed E-state index contributed by atoms with van der Waals surface area (Å²) < 4.78 is 10.6. The van der Waals surface area contributed by atoms with Crippen molar-refractivity contribution >= 4 is 5.97 Å². The van der Waals surface area contributed by atoms with E-state index in [-0.39, 0.29) is 5.97 Å². The summed E-state index contributed by atoms with van der Waals surface area (Å²) in [5.41, 5.74) is 1.18. The molecule has 2 aromatic rings. The van der Waals surface area contributed by atoms with Crippen LogP contribution in [0.5, 0.6) is 11.5 Å². The fourth-order valence-electron chi connectivity index (χ4n) is 2.89. The van der Waals surface area contributed by atoms with Crippen molar-refractivity contribution in [2.45, 2.75) is 18.8 Å². The van der Waals surface area contributed by atoms with Gasteiger partial charge in [-0.3, -0.25) is 4.79 Å². The van der Waals surface area contributed by atoms with Crippen LogP contribution in [-0.2, 0) is 10.2 Å². The van der Waals surface area contributed by atoms with E-state index >= 15 is 0 Å². The predicted molar refractivity (Wildman–Crippen MR) is 76.1 cm³/mol. The molecular formula is C17H16O3. The second-order valence-corrected chi connectivity index (χ2v) is 4.87. The van der Waals surface area contributed by atoms with Gasteiger partial charge < -0.3 is 9.47 Å². The molecule has 1 heterocycles. The number of benzene rings is 2. The summed E-state index contributed by atoms with van der Waals surface area (Å²) in [7, 11) is 1.63. The van der Waals surface area contributed by atoms with E-state index < -0.39 is 5.41 Å². The number of hydrogen-bond donors (Lipinski definition) is 0. The van der Waals surface area contributed by atoms with Crippen molar-refractivity contribution in [1.29, 1.82) is 0 Å². The van der Waals surface area contributed by atoms with Gasteiger partial charge in [-0.15, -0.1) is 0 Å². The van der Waals surface area contributed by atoms with Crippen LogP contribution < -0.4 is 9.47 Å². The molecule has 0 saturated heterocycles. The Labute approximate surface area is 118 Å². The third-order valence-electron chi connectivity index (χ3n) is 4.01. The third-order valence-corrected chi connectivity index (χ3v) is 4.01. The smallest absolute Gasteiger partial charge is 0.326 e. The lowest BCUT2D eigenvalue weighted by molar-refractivity contribution is -0.137. The Bertz CT molecular complexity index is 646. The first-order valence-electron chi connectivity index (χ1n) is 6.68. The van der Waals surface area contributed by atoms with Crippen molar-refractivity contribution in [1.82, 2.24) is 0 Å². The second kappa shape index (κ2) is 4.67. The van der Waals surface area contributed by atoms with Crippen LogP contribution in [0, 0.1) is 0 Å². The maximum atomic E-state index is 12.5. The van der Waals surface area contributed by atoms with Gasteiger partial charge in [-0.05, 0) is 30.2 Å². The highest BCUT2D eigenvalue weighted by molar-refractivity contribution is 5.94. The van der Waals surface area contributed by atoms with E-state index in [1.54, 1.807) is 7.11 Å². The molecule has 2 aromatic carbocycles. The average Bonchev–Trinajstić information content (AvgIpc) is 2.79. The van der Waals surface area contributed by atoms with E-state index in [2.05, 4.69) is 0 Å². The number of ether oxygens (including phenoxy) is 2. The Morgan fingerprint density at radius 3 is 2.45 bits per heavy atom. The van der Waals surface area contributed by atoms with Crippen LogP contribution in [0.2, 0.25) is 0 Å². The van der Waals surface area contributed by atoms with E-state index in [0.717, 1.165) is 16.9 Å². The first-order valence-corrected chi connectivity index (χ1v) is 6.68. The molecular weight excluding hydrogens is 252 g/mol. The summed E-state index contributed by atoms with van der Waals surface area (Å²) in [6.07, 6.45) is 0.662. The number of esters is 1. The van der Waals surface area contributed by atoms with Crippen molar-refractivity contribution in [2.24, 2.45) is 0 Å². The third kappa shape index (κ3) is 1.63. The number of rotatable bonds is 3. The summed E-state index contributed by atoms with van der Waals surface area (Å²) in [6.45, 7) is 2.01. The largest absolute Gasteiger partial charge is 0.497 e. The Kier molecular flexibility index (Phi) is 2.97. The van der Waals surface area contributed by atoms with Gasteiger partial charge in [0, 0.05) is 5.56 Å². The Hall–Kier alpha value is -2.29. The molecule has 0 bridgehead atoms. The number of carbonyl (C=O) groups is 1. The van der Waals surface area contributed by atoms with Crippen LogP contribution in [0.15, 0.2) is 48.5 Å². The minimum absolute atomic E-state index is 0.202. The van der Waals surface area contributed by atoms with Gasteiger partial charge in [-0.25, -0.2) is 0 Å². The van der Waals surface area contributed by atoms with Crippen LogP contribution in [0.4, 0.5) is 0 Å². The van der Waals surface area contributed by atoms with E-state index in [9.17, 15) is 4.79 Å². The van der Waals surface area contributed by atoms with Gasteiger partial charge in [0.15, 0.2) is 0 Å². The summed E-state index contributed by atoms with van der Waals surface area (Å²) in [5, 5.41) is 0. The topological polar surface area (TPSA) is 35.5 Å². The molecule has 0 saturated carbocycles. The first-order chi connectivity index (χ1) is 9.72. The number of para-hydroxylation sites is 1. The summed E-state index contributed by atoms with van der Waals surface area (Å²) in [4.78, 5) is 12.5. The molecule has 0 aliphatic carbocycles. The highest BCUT2D eigenvalue weighted by atomic mass is 16.5. The molecule has 1 atom stereocenters. The molecule has 0 aromatic heterocycles. The second-order valence-electron chi connectivity index (χ2n) is 4.87. The van der Waals surface area contributed by atoms with E-state index in [1.807, 2.05) is 55.5 Å². The zero-order chi connectivity index (χ0) is 14.2. The SMILES string of the molecule is CCC1(c2ccc(OC)cc2)C(=O)Oc2ccccc21. The lowest BCUT2D eigenvalue weighted by Gasteiger charge is -2.25. The zero-order valence-corrected chi connectivity index (χ0v) is 11.6.